The number of hydrogen-bond acceptors (Lipinski definition) is 10. The lowest BCUT2D eigenvalue weighted by molar-refractivity contribution is 0.0149. The summed E-state index contributed by atoms with van der Waals surface area (Å²) in [5.41, 5.74) is 2.57. The van der Waals surface area contributed by atoms with Crippen molar-refractivity contribution in [3.05, 3.63) is 23.1 Å². The van der Waals surface area contributed by atoms with Gasteiger partial charge in [-0.1, -0.05) is 18.0 Å². The number of rotatable bonds is 7. The molecule has 10 heteroatoms. The Morgan fingerprint density at radius 3 is 2.81 bits per heavy atom. The van der Waals surface area contributed by atoms with Crippen LogP contribution in [-0.2, 0) is 11.8 Å². The maximum atomic E-state index is 11.0. The number of nitrogens with zero attached hydrogens (tertiary/aromatic N) is 7. The summed E-state index contributed by atoms with van der Waals surface area (Å²) in [5.74, 6) is 1.76. The first-order valence-corrected chi connectivity index (χ1v) is 13.5. The van der Waals surface area contributed by atoms with Crippen molar-refractivity contribution in [3.63, 3.8) is 0 Å². The normalized spacial score (nSPS) is 27.2. The molecule has 2 aliphatic carbocycles. The molecule has 37 heavy (non-hydrogen) atoms. The van der Waals surface area contributed by atoms with Crippen LogP contribution in [0.5, 0.6) is 5.88 Å². The summed E-state index contributed by atoms with van der Waals surface area (Å²) in [6, 6.07) is 2.16. The van der Waals surface area contributed by atoms with Gasteiger partial charge in [-0.05, 0) is 72.4 Å². The summed E-state index contributed by atoms with van der Waals surface area (Å²) in [6.45, 7) is 8.57. The number of hydrogen-bond donors (Lipinski definition) is 1. The third-order valence-electron chi connectivity index (χ3n) is 8.49. The van der Waals surface area contributed by atoms with Gasteiger partial charge >= 0.3 is 0 Å². The second-order valence-corrected chi connectivity index (χ2v) is 10.9. The fourth-order valence-electron chi connectivity index (χ4n) is 6.45. The van der Waals surface area contributed by atoms with Gasteiger partial charge in [-0.3, -0.25) is 4.90 Å². The molecule has 3 heterocycles. The van der Waals surface area contributed by atoms with Crippen LogP contribution < -0.4 is 4.74 Å². The molecule has 0 radical (unpaired) electrons. The van der Waals surface area contributed by atoms with Crippen molar-refractivity contribution < 1.29 is 14.4 Å². The van der Waals surface area contributed by atoms with Gasteiger partial charge in [0, 0.05) is 31.4 Å². The molecule has 1 aliphatic heterocycles. The van der Waals surface area contributed by atoms with E-state index in [2.05, 4.69) is 40.9 Å². The first-order chi connectivity index (χ1) is 17.8. The highest BCUT2D eigenvalue weighted by molar-refractivity contribution is 5.97. The van der Waals surface area contributed by atoms with Crippen molar-refractivity contribution >= 4 is 12.4 Å². The van der Waals surface area contributed by atoms with Crippen LogP contribution in [0.3, 0.4) is 0 Å². The molecule has 1 saturated heterocycles. The highest BCUT2D eigenvalue weighted by Crippen LogP contribution is 2.49. The smallest absolute Gasteiger partial charge is 0.217 e. The lowest BCUT2D eigenvalue weighted by Gasteiger charge is -2.42. The summed E-state index contributed by atoms with van der Waals surface area (Å²) in [4.78, 5) is 12.0. The minimum Gasteiger partial charge on any atom is -0.473 e. The zero-order valence-electron chi connectivity index (χ0n) is 22.5. The second kappa shape index (κ2) is 10.5. The molecule has 1 saturated carbocycles. The minimum atomic E-state index is -0.409. The van der Waals surface area contributed by atoms with Crippen molar-refractivity contribution in [1.82, 2.24) is 25.1 Å². The van der Waals surface area contributed by atoms with Gasteiger partial charge in [0.1, 0.15) is 11.9 Å². The van der Waals surface area contributed by atoms with Gasteiger partial charge in [0.2, 0.25) is 5.88 Å². The molecule has 10 nitrogen and oxygen atoms in total. The lowest BCUT2D eigenvalue weighted by atomic mass is 9.63. The van der Waals surface area contributed by atoms with E-state index >= 15 is 0 Å². The molecule has 2 aromatic heterocycles. The predicted molar refractivity (Wildman–Crippen MR) is 142 cm³/mol. The monoisotopic (exact) mass is 509 g/mol. The van der Waals surface area contributed by atoms with Crippen LogP contribution in [0.25, 0.3) is 11.5 Å². The molecule has 4 atom stereocenters. The van der Waals surface area contributed by atoms with E-state index in [1.165, 1.54) is 11.5 Å². The molecule has 3 aliphatic rings. The quantitative estimate of drug-likeness (QED) is 0.443. The molecule has 5 rings (SSSR count). The fourth-order valence-corrected chi connectivity index (χ4v) is 6.45. The first-order valence-electron chi connectivity index (χ1n) is 13.5. The standard InChI is InChI=1S/C27H39N7O3/c1-17(31-34(5)28-3)20-16-23(36-18(2)21-11-9-15-33(21)4)30-26(29-20)24-19-10-8-14-27(25(19)37-32-24)13-7-6-12-22(27)35/h16,18,21-22,35H,3,6-15H2,1-2,4-5H3/b31-17+/t18-,21-,22?,27+/m0/s1. The Bertz CT molecular complexity index is 1160. The van der Waals surface area contributed by atoms with Gasteiger partial charge in [0.05, 0.1) is 22.9 Å². The van der Waals surface area contributed by atoms with Crippen LogP contribution in [-0.4, -0.2) is 81.6 Å². The molecule has 2 aromatic rings. The predicted octanol–water partition coefficient (Wildman–Crippen LogP) is 3.77. The minimum absolute atomic E-state index is 0.0373. The Labute approximate surface area is 218 Å². The second-order valence-electron chi connectivity index (χ2n) is 10.9. The van der Waals surface area contributed by atoms with Crippen molar-refractivity contribution in [2.75, 3.05) is 20.6 Å². The Morgan fingerprint density at radius 1 is 1.27 bits per heavy atom. The van der Waals surface area contributed by atoms with Gasteiger partial charge < -0.3 is 14.4 Å². The zero-order valence-corrected chi connectivity index (χ0v) is 22.5. The van der Waals surface area contributed by atoms with Crippen molar-refractivity contribution in [2.24, 2.45) is 10.2 Å². The van der Waals surface area contributed by atoms with Crippen LogP contribution in [0.2, 0.25) is 0 Å². The van der Waals surface area contributed by atoms with Crippen LogP contribution >= 0.6 is 0 Å². The zero-order chi connectivity index (χ0) is 26.2. The molecule has 200 valence electrons. The van der Waals surface area contributed by atoms with E-state index in [1.807, 2.05) is 13.0 Å². The number of fused-ring (bicyclic) bond motifs is 2. The largest absolute Gasteiger partial charge is 0.473 e. The molecule has 0 aromatic carbocycles. The maximum Gasteiger partial charge on any atom is 0.217 e. The highest BCUT2D eigenvalue weighted by atomic mass is 16.5. The SMILES string of the molecule is C=NN(C)/N=C(\C)c1cc(O[C@@H](C)[C@@H]2CCCN2C)nc(-c2noc3c2CCC[C@@]32CCCCC2O)n1. The first kappa shape index (κ1) is 25.8. The molecule has 0 amide bonds. The number of hydrazone groups is 2. The Balaban J connectivity index is 1.55. The molecule has 2 fully saturated rings. The fraction of sp³-hybridized carbons (Fsp3) is 0.667. The topological polar surface area (TPSA) is 112 Å². The number of ether oxygens (including phenoxy) is 1. The Morgan fingerprint density at radius 2 is 2.08 bits per heavy atom. The van der Waals surface area contributed by atoms with E-state index in [0.29, 0.717) is 34.8 Å². The van der Waals surface area contributed by atoms with E-state index in [1.54, 1.807) is 7.05 Å². The summed E-state index contributed by atoms with van der Waals surface area (Å²) in [7, 11) is 3.86. The number of aliphatic hydroxyl groups excluding tert-OH is 1. The van der Waals surface area contributed by atoms with Crippen LogP contribution in [0, 0.1) is 0 Å². The van der Waals surface area contributed by atoms with Gasteiger partial charge in [-0.2, -0.15) is 20.3 Å². The Hall–Kier alpha value is -2.85. The molecule has 1 unspecified atom stereocenters. The molecular weight excluding hydrogens is 470 g/mol. The summed E-state index contributed by atoms with van der Waals surface area (Å²) >= 11 is 0. The van der Waals surface area contributed by atoms with Crippen molar-refractivity contribution in [1.29, 1.82) is 0 Å². The number of likely N-dealkylation sites (tertiary alicyclic amines) is 1. The average Bonchev–Trinajstić information content (AvgIpc) is 3.52. The van der Waals surface area contributed by atoms with E-state index < -0.39 is 6.10 Å². The summed E-state index contributed by atoms with van der Waals surface area (Å²) < 4.78 is 12.4. The molecule has 1 N–H and O–H groups in total. The molecule has 0 bridgehead atoms. The van der Waals surface area contributed by atoms with Crippen LogP contribution in [0.1, 0.15) is 82.2 Å². The van der Waals surface area contributed by atoms with E-state index in [-0.39, 0.29) is 11.5 Å². The maximum absolute atomic E-state index is 11.0. The van der Waals surface area contributed by atoms with Gasteiger partial charge in [0.15, 0.2) is 11.5 Å². The number of aromatic nitrogens is 3. The van der Waals surface area contributed by atoms with Gasteiger partial charge in [-0.25, -0.2) is 4.98 Å². The van der Waals surface area contributed by atoms with E-state index in [0.717, 1.165) is 69.2 Å². The third kappa shape index (κ3) is 4.88. The number of aliphatic hydroxyl groups is 1. The summed E-state index contributed by atoms with van der Waals surface area (Å²) in [6.07, 6.45) is 8.39. The van der Waals surface area contributed by atoms with E-state index in [9.17, 15) is 5.11 Å². The van der Waals surface area contributed by atoms with Crippen LogP contribution in [0.4, 0.5) is 0 Å². The van der Waals surface area contributed by atoms with Gasteiger partial charge in [-0.15, -0.1) is 0 Å². The lowest BCUT2D eigenvalue weighted by Crippen LogP contribution is -2.44. The molecular formula is C27H39N7O3. The third-order valence-corrected chi connectivity index (χ3v) is 8.49. The summed E-state index contributed by atoms with van der Waals surface area (Å²) in [5, 5.41) is 25.2. The van der Waals surface area contributed by atoms with Crippen LogP contribution in [0.15, 0.2) is 20.8 Å². The molecule has 1 spiro atoms. The number of likely N-dealkylation sites (N-methyl/N-ethyl adjacent to an activating group) is 1. The van der Waals surface area contributed by atoms with Crippen molar-refractivity contribution in [3.8, 4) is 17.4 Å². The van der Waals surface area contributed by atoms with Gasteiger partial charge in [0.25, 0.3) is 0 Å². The average molecular weight is 510 g/mol. The highest BCUT2D eigenvalue weighted by Gasteiger charge is 2.48. The van der Waals surface area contributed by atoms with E-state index in [4.69, 9.17) is 19.2 Å². The van der Waals surface area contributed by atoms with Crippen molar-refractivity contribution in [2.45, 2.75) is 95.3 Å². The Kier molecular flexibility index (Phi) is 7.31.